The van der Waals surface area contributed by atoms with Crippen LogP contribution in [0.2, 0.25) is 0 Å². The molecule has 0 amide bonds. The molecule has 0 aromatic heterocycles. The Morgan fingerprint density at radius 1 is 1.29 bits per heavy atom. The monoisotopic (exact) mass is 268 g/mol. The minimum atomic E-state index is -0.692. The Morgan fingerprint density at radius 2 is 1.94 bits per heavy atom. The minimum Gasteiger partial charge on any atom is -0.481 e. The van der Waals surface area contributed by atoms with Crippen LogP contribution in [0.5, 0.6) is 0 Å². The van der Waals surface area contributed by atoms with Crippen LogP contribution in [0.15, 0.2) is 28.0 Å². The molecule has 0 aliphatic heterocycles. The normalized spacial score (nSPS) is 16.8. The van der Waals surface area contributed by atoms with Crippen LogP contribution < -0.4 is 0 Å². The Hall–Kier alpha value is -0.610. The van der Waals surface area contributed by atoms with Crippen LogP contribution in [0.1, 0.15) is 24.8 Å². The lowest BCUT2D eigenvalue weighted by Gasteiger charge is -2.15. The molecule has 0 bridgehead atoms. The van der Waals surface area contributed by atoms with Gasteiger partial charge in [-0.15, -0.1) is 23.5 Å². The maximum Gasteiger partial charge on any atom is 0.304 e. The van der Waals surface area contributed by atoms with Crippen molar-refractivity contribution in [2.45, 2.75) is 34.5 Å². The standard InChI is InChI=1S/C13H16O2S2/c1-16-10-4-3-9(7-11(10)17-2)13(5-6-13)8-12(14)15/h3-4,7H,5-6,8H2,1-2H3,(H,14,15). The zero-order valence-electron chi connectivity index (χ0n) is 10.0. The highest BCUT2D eigenvalue weighted by atomic mass is 32.2. The molecule has 92 valence electrons. The summed E-state index contributed by atoms with van der Waals surface area (Å²) in [6.45, 7) is 0. The predicted molar refractivity (Wildman–Crippen MR) is 73.2 cm³/mol. The third-order valence-corrected chi connectivity index (χ3v) is 5.04. The summed E-state index contributed by atoms with van der Waals surface area (Å²) in [7, 11) is 0. The molecular weight excluding hydrogens is 252 g/mol. The molecule has 1 aliphatic carbocycles. The van der Waals surface area contributed by atoms with E-state index in [1.54, 1.807) is 23.5 Å². The van der Waals surface area contributed by atoms with E-state index in [0.29, 0.717) is 0 Å². The van der Waals surface area contributed by atoms with E-state index in [2.05, 4.69) is 30.7 Å². The van der Waals surface area contributed by atoms with Crippen molar-refractivity contribution in [3.8, 4) is 0 Å². The number of hydrogen-bond acceptors (Lipinski definition) is 3. The lowest BCUT2D eigenvalue weighted by atomic mass is 9.92. The Morgan fingerprint density at radius 3 is 2.41 bits per heavy atom. The number of rotatable bonds is 5. The SMILES string of the molecule is CSc1ccc(C2(CC(=O)O)CC2)cc1SC. The second-order valence-electron chi connectivity index (χ2n) is 4.42. The first-order valence-corrected chi connectivity index (χ1v) is 8.00. The second-order valence-corrected chi connectivity index (χ2v) is 6.12. The number of aliphatic carboxylic acids is 1. The van der Waals surface area contributed by atoms with Crippen molar-refractivity contribution in [2.24, 2.45) is 0 Å². The zero-order chi connectivity index (χ0) is 12.5. The molecule has 1 saturated carbocycles. The number of benzene rings is 1. The summed E-state index contributed by atoms with van der Waals surface area (Å²) in [5.41, 5.74) is 1.12. The smallest absolute Gasteiger partial charge is 0.304 e. The number of carboxylic acids is 1. The number of carboxylic acid groups (broad SMARTS) is 1. The fourth-order valence-corrected chi connectivity index (χ4v) is 3.65. The Kier molecular flexibility index (Phi) is 3.73. The maximum absolute atomic E-state index is 10.9. The number of thioether (sulfide) groups is 2. The van der Waals surface area contributed by atoms with Gasteiger partial charge in [-0.25, -0.2) is 0 Å². The lowest BCUT2D eigenvalue weighted by molar-refractivity contribution is -0.137. The van der Waals surface area contributed by atoms with Crippen LogP contribution in [-0.2, 0) is 10.2 Å². The average molecular weight is 268 g/mol. The number of hydrogen-bond donors (Lipinski definition) is 1. The highest BCUT2D eigenvalue weighted by Crippen LogP contribution is 2.52. The predicted octanol–water partition coefficient (Wildman–Crippen LogP) is 3.64. The lowest BCUT2D eigenvalue weighted by Crippen LogP contribution is -2.12. The first kappa shape index (κ1) is 12.8. The largest absolute Gasteiger partial charge is 0.481 e. The van der Waals surface area contributed by atoms with Gasteiger partial charge in [-0.3, -0.25) is 4.79 Å². The van der Waals surface area contributed by atoms with Gasteiger partial charge < -0.3 is 5.11 Å². The summed E-state index contributed by atoms with van der Waals surface area (Å²) < 4.78 is 0. The van der Waals surface area contributed by atoms with E-state index >= 15 is 0 Å². The van der Waals surface area contributed by atoms with Gasteiger partial charge in [-0.2, -0.15) is 0 Å². The van der Waals surface area contributed by atoms with Crippen LogP contribution in [0, 0.1) is 0 Å². The van der Waals surface area contributed by atoms with E-state index in [1.165, 1.54) is 15.4 Å². The van der Waals surface area contributed by atoms with Crippen LogP contribution in [0.3, 0.4) is 0 Å². The van der Waals surface area contributed by atoms with Gasteiger partial charge in [-0.05, 0) is 43.0 Å². The van der Waals surface area contributed by atoms with Crippen molar-refractivity contribution in [3.63, 3.8) is 0 Å². The summed E-state index contributed by atoms with van der Waals surface area (Å²) >= 11 is 3.47. The zero-order valence-corrected chi connectivity index (χ0v) is 11.7. The highest BCUT2D eigenvalue weighted by Gasteiger charge is 2.46. The summed E-state index contributed by atoms with van der Waals surface area (Å²) in [6, 6.07) is 6.39. The first-order valence-electron chi connectivity index (χ1n) is 5.55. The molecule has 1 N–H and O–H groups in total. The molecule has 0 heterocycles. The van der Waals surface area contributed by atoms with E-state index in [4.69, 9.17) is 5.11 Å². The summed E-state index contributed by atoms with van der Waals surface area (Å²) in [5.74, 6) is -0.692. The molecule has 0 saturated heterocycles. The molecule has 2 nitrogen and oxygen atoms in total. The summed E-state index contributed by atoms with van der Waals surface area (Å²) in [4.78, 5) is 13.4. The Balaban J connectivity index is 2.30. The van der Waals surface area contributed by atoms with Gasteiger partial charge in [0, 0.05) is 15.2 Å². The average Bonchev–Trinajstić information content (AvgIpc) is 3.08. The molecular formula is C13H16O2S2. The fourth-order valence-electron chi connectivity index (χ4n) is 2.17. The van der Waals surface area contributed by atoms with Crippen LogP contribution in [0.4, 0.5) is 0 Å². The van der Waals surface area contributed by atoms with Crippen molar-refractivity contribution >= 4 is 29.5 Å². The molecule has 1 aromatic carbocycles. The molecule has 0 spiro atoms. The topological polar surface area (TPSA) is 37.3 Å². The molecule has 17 heavy (non-hydrogen) atoms. The van der Waals surface area contributed by atoms with Gasteiger partial charge in [-0.1, -0.05) is 6.07 Å². The van der Waals surface area contributed by atoms with Crippen molar-refractivity contribution in [3.05, 3.63) is 23.8 Å². The van der Waals surface area contributed by atoms with Gasteiger partial charge in [0.1, 0.15) is 0 Å². The summed E-state index contributed by atoms with van der Waals surface area (Å²) in [5, 5.41) is 8.97. The third kappa shape index (κ3) is 2.63. The third-order valence-electron chi connectivity index (χ3n) is 3.34. The van der Waals surface area contributed by atoms with Gasteiger partial charge in [0.25, 0.3) is 0 Å². The Bertz CT molecular complexity index is 439. The van der Waals surface area contributed by atoms with Gasteiger partial charge in [0.15, 0.2) is 0 Å². The molecule has 0 radical (unpaired) electrons. The second kappa shape index (κ2) is 4.94. The molecule has 4 heteroatoms. The van der Waals surface area contributed by atoms with Crippen molar-refractivity contribution in [1.29, 1.82) is 0 Å². The molecule has 2 rings (SSSR count). The highest BCUT2D eigenvalue weighted by molar-refractivity contribution is 8.01. The van der Waals surface area contributed by atoms with Crippen LogP contribution in [-0.4, -0.2) is 23.6 Å². The molecule has 1 aliphatic rings. The molecule has 0 atom stereocenters. The minimum absolute atomic E-state index is 0.0761. The molecule has 1 fully saturated rings. The maximum atomic E-state index is 10.9. The quantitative estimate of drug-likeness (QED) is 0.827. The summed E-state index contributed by atoms with van der Waals surface area (Å²) in [6.07, 6.45) is 6.41. The molecule has 1 aromatic rings. The van der Waals surface area contributed by atoms with Crippen molar-refractivity contribution in [1.82, 2.24) is 0 Å². The van der Waals surface area contributed by atoms with Crippen molar-refractivity contribution < 1.29 is 9.90 Å². The molecule has 0 unspecified atom stereocenters. The van der Waals surface area contributed by atoms with E-state index in [9.17, 15) is 4.79 Å². The first-order chi connectivity index (χ1) is 8.11. The van der Waals surface area contributed by atoms with Gasteiger partial charge in [0.05, 0.1) is 6.42 Å². The van der Waals surface area contributed by atoms with Gasteiger partial charge in [0.2, 0.25) is 0 Å². The van der Waals surface area contributed by atoms with Gasteiger partial charge >= 0.3 is 5.97 Å². The van der Waals surface area contributed by atoms with E-state index < -0.39 is 5.97 Å². The van der Waals surface area contributed by atoms with E-state index in [-0.39, 0.29) is 11.8 Å². The Labute approximate surface area is 110 Å². The van der Waals surface area contributed by atoms with Crippen LogP contribution in [0.25, 0.3) is 0 Å². The van der Waals surface area contributed by atoms with E-state index in [0.717, 1.165) is 12.8 Å². The number of carbonyl (C=O) groups is 1. The van der Waals surface area contributed by atoms with Crippen molar-refractivity contribution in [2.75, 3.05) is 12.5 Å². The van der Waals surface area contributed by atoms with Crippen LogP contribution >= 0.6 is 23.5 Å². The fraction of sp³-hybridized carbons (Fsp3) is 0.462. The van der Waals surface area contributed by atoms with E-state index in [1.807, 2.05) is 0 Å².